The molecule has 1 aliphatic heterocycles. The number of carbonyl (C=O) groups is 1. The van der Waals surface area contributed by atoms with Gasteiger partial charge >= 0.3 is 0 Å². The van der Waals surface area contributed by atoms with Gasteiger partial charge in [-0.3, -0.25) is 9.69 Å². The van der Waals surface area contributed by atoms with Crippen molar-refractivity contribution < 1.29 is 9.53 Å². The highest BCUT2D eigenvalue weighted by Crippen LogP contribution is 2.34. The maximum absolute atomic E-state index is 12.7. The molecule has 0 unspecified atom stereocenters. The predicted octanol–water partition coefficient (Wildman–Crippen LogP) is 3.58. The van der Waals surface area contributed by atoms with Crippen molar-refractivity contribution in [3.63, 3.8) is 0 Å². The van der Waals surface area contributed by atoms with E-state index in [0.717, 1.165) is 44.9 Å². The summed E-state index contributed by atoms with van der Waals surface area (Å²) in [5.74, 6) is 0.853. The first kappa shape index (κ1) is 23.0. The van der Waals surface area contributed by atoms with E-state index in [-0.39, 0.29) is 23.9 Å². The average Bonchev–Trinajstić information content (AvgIpc) is 2.72. The summed E-state index contributed by atoms with van der Waals surface area (Å²) >= 11 is 0. The Morgan fingerprint density at radius 3 is 2.32 bits per heavy atom. The number of nitrogens with zero attached hydrogens (tertiary/aromatic N) is 2. The second-order valence-corrected chi connectivity index (χ2v) is 8.13. The zero-order valence-corrected chi connectivity index (χ0v) is 18.2. The topological polar surface area (TPSA) is 44.8 Å². The van der Waals surface area contributed by atoms with Crippen LogP contribution in [0.4, 0.5) is 0 Å². The summed E-state index contributed by atoms with van der Waals surface area (Å²) in [4.78, 5) is 17.8. The summed E-state index contributed by atoms with van der Waals surface area (Å²) in [6, 6.07) is 7.51. The van der Waals surface area contributed by atoms with E-state index in [9.17, 15) is 4.79 Å². The molecule has 2 aliphatic rings. The molecule has 5 nitrogen and oxygen atoms in total. The number of carbonyl (C=O) groups excluding carboxylic acids is 1. The lowest BCUT2D eigenvalue weighted by atomic mass is 9.79. The minimum atomic E-state index is 0. The molecule has 0 spiro atoms. The summed E-state index contributed by atoms with van der Waals surface area (Å²) in [5.41, 5.74) is 0.850. The highest BCUT2D eigenvalue weighted by Gasteiger charge is 2.39. The van der Waals surface area contributed by atoms with Crippen molar-refractivity contribution >= 4 is 18.3 Å². The first-order chi connectivity index (χ1) is 13.1. The van der Waals surface area contributed by atoms with E-state index >= 15 is 0 Å². The molecule has 1 aliphatic carbocycles. The first-order valence-electron chi connectivity index (χ1n) is 10.6. The molecule has 2 fully saturated rings. The van der Waals surface area contributed by atoms with Gasteiger partial charge in [0.25, 0.3) is 5.91 Å². The van der Waals surface area contributed by atoms with Crippen LogP contribution < -0.4 is 10.1 Å². The summed E-state index contributed by atoms with van der Waals surface area (Å²) in [6.07, 6.45) is 7.23. The maximum Gasteiger partial charge on any atom is 0.251 e. The minimum absolute atomic E-state index is 0. The molecule has 1 amide bonds. The van der Waals surface area contributed by atoms with E-state index in [0.29, 0.717) is 12.2 Å². The van der Waals surface area contributed by atoms with Gasteiger partial charge in [-0.05, 0) is 50.6 Å². The molecule has 0 aromatic heterocycles. The Kier molecular flexibility index (Phi) is 9.06. The molecule has 1 aromatic carbocycles. The number of piperazine rings is 1. The van der Waals surface area contributed by atoms with Crippen LogP contribution in [0.1, 0.15) is 55.8 Å². The van der Waals surface area contributed by atoms with Gasteiger partial charge in [-0.25, -0.2) is 0 Å². The number of nitrogens with one attached hydrogen (secondary N) is 1. The number of amides is 1. The summed E-state index contributed by atoms with van der Waals surface area (Å²) in [6.45, 7) is 8.00. The van der Waals surface area contributed by atoms with Gasteiger partial charge in [0.05, 0.1) is 6.61 Å². The Bertz CT molecular complexity index is 594. The molecule has 1 heterocycles. The van der Waals surface area contributed by atoms with Crippen LogP contribution in [0.25, 0.3) is 0 Å². The van der Waals surface area contributed by atoms with Crippen LogP contribution in [-0.4, -0.2) is 67.6 Å². The van der Waals surface area contributed by atoms with Crippen molar-refractivity contribution in [2.45, 2.75) is 51.0 Å². The number of likely N-dealkylation sites (N-methyl/N-ethyl adjacent to an activating group) is 1. The molecule has 1 saturated carbocycles. The van der Waals surface area contributed by atoms with Gasteiger partial charge in [0.1, 0.15) is 5.75 Å². The molecule has 158 valence electrons. The number of benzene rings is 1. The van der Waals surface area contributed by atoms with Crippen molar-refractivity contribution in [3.05, 3.63) is 29.8 Å². The quantitative estimate of drug-likeness (QED) is 0.747. The van der Waals surface area contributed by atoms with Gasteiger partial charge in [0, 0.05) is 43.8 Å². The third-order valence-corrected chi connectivity index (χ3v) is 6.13. The van der Waals surface area contributed by atoms with Gasteiger partial charge in [0.2, 0.25) is 0 Å². The van der Waals surface area contributed by atoms with Crippen LogP contribution in [0.5, 0.6) is 5.75 Å². The Morgan fingerprint density at radius 1 is 1.07 bits per heavy atom. The Balaban J connectivity index is 0.00000280. The number of rotatable bonds is 7. The summed E-state index contributed by atoms with van der Waals surface area (Å²) < 4.78 is 5.61. The average molecular weight is 410 g/mol. The van der Waals surface area contributed by atoms with Gasteiger partial charge in [-0.1, -0.05) is 26.2 Å². The molecule has 1 N–H and O–H groups in total. The summed E-state index contributed by atoms with van der Waals surface area (Å²) in [5, 5.41) is 3.25. The number of hydrogen-bond acceptors (Lipinski definition) is 4. The lowest BCUT2D eigenvalue weighted by Crippen LogP contribution is -2.61. The van der Waals surface area contributed by atoms with Crippen LogP contribution in [0.3, 0.4) is 0 Å². The van der Waals surface area contributed by atoms with Crippen molar-refractivity contribution in [3.8, 4) is 5.75 Å². The monoisotopic (exact) mass is 409 g/mol. The molecule has 0 bridgehead atoms. The van der Waals surface area contributed by atoms with E-state index in [1.807, 2.05) is 24.3 Å². The van der Waals surface area contributed by atoms with Crippen LogP contribution >= 0.6 is 12.4 Å². The smallest absolute Gasteiger partial charge is 0.251 e. The molecule has 0 atom stereocenters. The molecular weight excluding hydrogens is 374 g/mol. The third-order valence-electron chi connectivity index (χ3n) is 6.13. The Morgan fingerprint density at radius 2 is 1.71 bits per heavy atom. The second-order valence-electron chi connectivity index (χ2n) is 8.13. The highest BCUT2D eigenvalue weighted by atomic mass is 35.5. The normalized spacial score (nSPS) is 20.2. The molecular formula is C22H36ClN3O2. The van der Waals surface area contributed by atoms with Crippen LogP contribution in [-0.2, 0) is 0 Å². The van der Waals surface area contributed by atoms with E-state index in [1.54, 1.807) is 0 Å². The highest BCUT2D eigenvalue weighted by molar-refractivity contribution is 5.94. The Hall–Kier alpha value is -1.30. The zero-order valence-electron chi connectivity index (χ0n) is 17.4. The van der Waals surface area contributed by atoms with Crippen LogP contribution in [0.2, 0.25) is 0 Å². The number of hydrogen-bond donors (Lipinski definition) is 1. The van der Waals surface area contributed by atoms with E-state index in [4.69, 9.17) is 4.74 Å². The predicted molar refractivity (Wildman–Crippen MR) is 117 cm³/mol. The number of halogens is 1. The lowest BCUT2D eigenvalue weighted by Gasteiger charge is -2.49. The summed E-state index contributed by atoms with van der Waals surface area (Å²) in [7, 11) is 2.19. The fourth-order valence-corrected chi connectivity index (χ4v) is 4.36. The molecule has 0 radical (unpaired) electrons. The Labute approximate surface area is 176 Å². The molecule has 28 heavy (non-hydrogen) atoms. The van der Waals surface area contributed by atoms with Crippen molar-refractivity contribution in [2.75, 3.05) is 46.4 Å². The van der Waals surface area contributed by atoms with E-state index < -0.39 is 0 Å². The van der Waals surface area contributed by atoms with Crippen LogP contribution in [0, 0.1) is 0 Å². The lowest BCUT2D eigenvalue weighted by molar-refractivity contribution is 0.0138. The fourth-order valence-electron chi connectivity index (χ4n) is 4.36. The fraction of sp³-hybridized carbons (Fsp3) is 0.682. The second kappa shape index (κ2) is 11.0. The SMILES string of the molecule is CCCOc1ccc(C(=O)NCC2(N3CCN(C)CC3)CCCCC2)cc1.Cl. The minimum Gasteiger partial charge on any atom is -0.494 e. The van der Waals surface area contributed by atoms with Crippen molar-refractivity contribution in [1.29, 1.82) is 0 Å². The molecule has 1 saturated heterocycles. The van der Waals surface area contributed by atoms with Gasteiger partial charge in [0.15, 0.2) is 0 Å². The first-order valence-corrected chi connectivity index (χ1v) is 10.6. The zero-order chi connectivity index (χ0) is 19.1. The van der Waals surface area contributed by atoms with Gasteiger partial charge in [-0.15, -0.1) is 12.4 Å². The van der Waals surface area contributed by atoms with Crippen LogP contribution in [0.15, 0.2) is 24.3 Å². The maximum atomic E-state index is 12.7. The number of ether oxygens (including phenoxy) is 1. The van der Waals surface area contributed by atoms with E-state index in [2.05, 4.69) is 29.1 Å². The standard InChI is InChI=1S/C22H35N3O2.ClH/c1-3-17-27-20-9-7-19(8-10-20)21(26)23-18-22(11-5-4-6-12-22)25-15-13-24(2)14-16-25;/h7-10H,3-6,11-18H2,1-2H3,(H,23,26);1H. The van der Waals surface area contributed by atoms with E-state index in [1.165, 1.54) is 32.1 Å². The molecule has 3 rings (SSSR count). The largest absolute Gasteiger partial charge is 0.494 e. The van der Waals surface area contributed by atoms with Crippen molar-refractivity contribution in [2.24, 2.45) is 0 Å². The molecule has 1 aromatic rings. The van der Waals surface area contributed by atoms with Gasteiger partial charge < -0.3 is 15.0 Å². The van der Waals surface area contributed by atoms with Gasteiger partial charge in [-0.2, -0.15) is 0 Å². The molecule has 6 heteroatoms. The third kappa shape index (κ3) is 5.85. The van der Waals surface area contributed by atoms with Crippen molar-refractivity contribution in [1.82, 2.24) is 15.1 Å².